The van der Waals surface area contributed by atoms with E-state index in [1.807, 2.05) is 12.1 Å². The predicted octanol–water partition coefficient (Wildman–Crippen LogP) is 4.13. The highest BCUT2D eigenvalue weighted by molar-refractivity contribution is 8.26. The highest BCUT2D eigenvalue weighted by Gasteiger charge is 2.33. The Morgan fingerprint density at radius 2 is 1.81 bits per heavy atom. The summed E-state index contributed by atoms with van der Waals surface area (Å²) >= 11 is 6.81. The van der Waals surface area contributed by atoms with Gasteiger partial charge in [0, 0.05) is 51.9 Å². The highest BCUT2D eigenvalue weighted by Crippen LogP contribution is 2.36. The van der Waals surface area contributed by atoms with Crippen LogP contribution in [0.5, 0.6) is 0 Å². The molecule has 0 aliphatic carbocycles. The predicted molar refractivity (Wildman–Crippen MR) is 154 cm³/mol. The lowest BCUT2D eigenvalue weighted by atomic mass is 10.0. The van der Waals surface area contributed by atoms with Gasteiger partial charge in [0.25, 0.3) is 11.5 Å². The number of carbonyl (C=O) groups excluding carboxylic acids is 1. The molecule has 1 aromatic carbocycles. The zero-order valence-electron chi connectivity index (χ0n) is 21.9. The minimum atomic E-state index is -0.316. The van der Waals surface area contributed by atoms with Gasteiger partial charge in [-0.3, -0.25) is 24.0 Å². The van der Waals surface area contributed by atoms with Gasteiger partial charge in [0.1, 0.15) is 21.8 Å². The smallest absolute Gasteiger partial charge is 0.270 e. The Balaban J connectivity index is 1.65. The zero-order valence-corrected chi connectivity index (χ0v) is 23.5. The molecule has 194 valence electrons. The van der Waals surface area contributed by atoms with Crippen LogP contribution in [0.2, 0.25) is 0 Å². The number of aromatic nitrogens is 1. The number of amides is 1. The van der Waals surface area contributed by atoms with Crippen molar-refractivity contribution in [2.45, 2.75) is 33.7 Å². The molecule has 0 spiro atoms. The van der Waals surface area contributed by atoms with E-state index in [1.165, 1.54) is 17.3 Å². The number of thiocarbonyl (C=S) groups is 1. The van der Waals surface area contributed by atoms with Gasteiger partial charge in [-0.05, 0) is 36.5 Å². The van der Waals surface area contributed by atoms with Gasteiger partial charge in [0.2, 0.25) is 0 Å². The van der Waals surface area contributed by atoms with E-state index in [-0.39, 0.29) is 17.0 Å². The summed E-state index contributed by atoms with van der Waals surface area (Å²) in [5, 5.41) is 9.74. The third kappa shape index (κ3) is 5.82. The molecular weight excluding hydrogens is 502 g/mol. The van der Waals surface area contributed by atoms with Gasteiger partial charge in [-0.15, -0.1) is 0 Å². The molecule has 9 heteroatoms. The first-order valence-electron chi connectivity index (χ1n) is 12.6. The Kier molecular flexibility index (Phi) is 8.53. The molecule has 2 aromatic rings. The third-order valence-corrected chi connectivity index (χ3v) is 8.35. The Labute approximate surface area is 228 Å². The number of piperazine rings is 1. The lowest BCUT2D eigenvalue weighted by molar-refractivity contribution is -0.122. The third-order valence-electron chi connectivity index (χ3n) is 6.97. The van der Waals surface area contributed by atoms with E-state index < -0.39 is 0 Å². The van der Waals surface area contributed by atoms with Crippen molar-refractivity contribution in [3.63, 3.8) is 0 Å². The van der Waals surface area contributed by atoms with Crippen LogP contribution in [0.1, 0.15) is 42.5 Å². The van der Waals surface area contributed by atoms with Crippen LogP contribution < -0.4 is 10.5 Å². The number of rotatable bonds is 7. The number of pyridine rings is 1. The van der Waals surface area contributed by atoms with Crippen LogP contribution in [-0.4, -0.2) is 57.3 Å². The van der Waals surface area contributed by atoms with E-state index >= 15 is 0 Å². The van der Waals surface area contributed by atoms with Crippen LogP contribution in [0.4, 0.5) is 5.82 Å². The van der Waals surface area contributed by atoms with Crippen LogP contribution in [0.3, 0.4) is 0 Å². The molecule has 2 aliphatic rings. The molecule has 37 heavy (non-hydrogen) atoms. The summed E-state index contributed by atoms with van der Waals surface area (Å²) in [4.78, 5) is 33.1. The molecule has 0 atom stereocenters. The molecule has 2 saturated heterocycles. The van der Waals surface area contributed by atoms with Gasteiger partial charge >= 0.3 is 0 Å². The Hall–Kier alpha value is -2.93. The van der Waals surface area contributed by atoms with E-state index in [0.717, 1.165) is 50.5 Å². The van der Waals surface area contributed by atoms with Gasteiger partial charge in [0.15, 0.2) is 0 Å². The zero-order chi connectivity index (χ0) is 26.7. The fourth-order valence-electron chi connectivity index (χ4n) is 4.76. The van der Waals surface area contributed by atoms with Crippen LogP contribution in [-0.2, 0) is 18.4 Å². The van der Waals surface area contributed by atoms with Crippen molar-refractivity contribution in [1.29, 1.82) is 5.26 Å². The number of thioether (sulfide) groups is 1. The molecule has 0 N–H and O–H groups in total. The lowest BCUT2D eigenvalue weighted by Crippen LogP contribution is -2.48. The van der Waals surface area contributed by atoms with E-state index in [1.54, 1.807) is 23.4 Å². The van der Waals surface area contributed by atoms with Crippen LogP contribution >= 0.6 is 24.0 Å². The van der Waals surface area contributed by atoms with Crippen molar-refractivity contribution in [2.24, 2.45) is 13.0 Å². The second kappa shape index (κ2) is 11.6. The van der Waals surface area contributed by atoms with Crippen LogP contribution in [0.25, 0.3) is 6.08 Å². The number of anilines is 1. The topological polar surface area (TPSA) is 72.6 Å². The van der Waals surface area contributed by atoms with Gasteiger partial charge in [-0.1, -0.05) is 68.2 Å². The SMILES string of the molecule is Cc1c(C=C2SC(=S)N(CCC(C)C)C2=O)c(N2CCN(Cc3ccccc3)CC2)n(C)c(=O)c1C#N. The van der Waals surface area contributed by atoms with Gasteiger partial charge < -0.3 is 4.90 Å². The monoisotopic (exact) mass is 535 g/mol. The minimum absolute atomic E-state index is 0.107. The fraction of sp³-hybridized carbons (Fsp3) is 0.429. The molecule has 0 saturated carbocycles. The van der Waals surface area contributed by atoms with Gasteiger partial charge in [0.05, 0.1) is 4.91 Å². The standard InChI is InChI=1S/C28H33N5O2S2/c1-19(2)10-11-33-27(35)24(37-28(33)36)16-22-20(3)23(17-29)26(34)30(4)25(22)32-14-12-31(13-15-32)18-21-8-6-5-7-9-21/h5-9,16,19H,10-15,18H2,1-4H3. The highest BCUT2D eigenvalue weighted by atomic mass is 32.2. The normalized spacial score (nSPS) is 17.8. The molecule has 0 radical (unpaired) electrons. The molecule has 0 bridgehead atoms. The van der Waals surface area contributed by atoms with E-state index in [4.69, 9.17) is 12.2 Å². The fourth-order valence-corrected chi connectivity index (χ4v) is 6.06. The average Bonchev–Trinajstić information content (AvgIpc) is 3.15. The summed E-state index contributed by atoms with van der Waals surface area (Å²) in [5.41, 5.74) is 2.40. The molecule has 0 unspecified atom stereocenters. The number of benzene rings is 1. The van der Waals surface area contributed by atoms with Crippen LogP contribution in [0.15, 0.2) is 40.0 Å². The second-order valence-corrected chi connectivity index (χ2v) is 11.7. The van der Waals surface area contributed by atoms with Crippen molar-refractivity contribution in [1.82, 2.24) is 14.4 Å². The van der Waals surface area contributed by atoms with Gasteiger partial charge in [-0.25, -0.2) is 0 Å². The first-order valence-corrected chi connectivity index (χ1v) is 13.8. The summed E-state index contributed by atoms with van der Waals surface area (Å²) in [6.45, 7) is 10.7. The molecule has 3 heterocycles. The summed E-state index contributed by atoms with van der Waals surface area (Å²) in [5.74, 6) is 1.10. The molecule has 2 fully saturated rings. The maximum Gasteiger partial charge on any atom is 0.270 e. The minimum Gasteiger partial charge on any atom is -0.355 e. The summed E-state index contributed by atoms with van der Waals surface area (Å²) in [6.07, 6.45) is 2.70. The van der Waals surface area contributed by atoms with Gasteiger partial charge in [-0.2, -0.15) is 5.26 Å². The van der Waals surface area contributed by atoms with E-state index in [0.29, 0.717) is 27.3 Å². The maximum atomic E-state index is 13.3. The lowest BCUT2D eigenvalue weighted by Gasteiger charge is -2.37. The number of nitrogens with zero attached hydrogens (tertiary/aromatic N) is 5. The van der Waals surface area contributed by atoms with E-state index in [9.17, 15) is 14.9 Å². The molecule has 2 aliphatic heterocycles. The first kappa shape index (κ1) is 27.1. The summed E-state index contributed by atoms with van der Waals surface area (Å²) in [7, 11) is 1.71. The molecule has 7 nitrogen and oxygen atoms in total. The van der Waals surface area contributed by atoms with E-state index in [2.05, 4.69) is 54.0 Å². The number of hydrogen-bond donors (Lipinski definition) is 0. The maximum absolute atomic E-state index is 13.3. The first-order chi connectivity index (χ1) is 17.7. The second-order valence-electron chi connectivity index (χ2n) is 9.98. The number of nitriles is 1. The summed E-state index contributed by atoms with van der Waals surface area (Å²) in [6, 6.07) is 12.5. The number of hydrogen-bond acceptors (Lipinski definition) is 7. The quantitative estimate of drug-likeness (QED) is 0.390. The van der Waals surface area contributed by atoms with Crippen molar-refractivity contribution in [2.75, 3.05) is 37.6 Å². The van der Waals surface area contributed by atoms with Crippen molar-refractivity contribution in [3.8, 4) is 6.07 Å². The molecule has 1 aromatic heterocycles. The van der Waals surface area contributed by atoms with Crippen molar-refractivity contribution in [3.05, 3.63) is 67.8 Å². The summed E-state index contributed by atoms with van der Waals surface area (Å²) < 4.78 is 2.11. The van der Waals surface area contributed by atoms with Crippen molar-refractivity contribution >= 4 is 46.1 Å². The Bertz CT molecular complexity index is 1320. The molecular formula is C28H33N5O2S2. The Morgan fingerprint density at radius 1 is 1.14 bits per heavy atom. The molecule has 4 rings (SSSR count). The Morgan fingerprint density at radius 3 is 2.43 bits per heavy atom. The average molecular weight is 536 g/mol. The molecule has 1 amide bonds. The van der Waals surface area contributed by atoms with Crippen molar-refractivity contribution < 1.29 is 4.79 Å². The number of carbonyl (C=O) groups is 1. The van der Waals surface area contributed by atoms with Crippen LogP contribution in [0, 0.1) is 24.2 Å². The largest absolute Gasteiger partial charge is 0.355 e.